The van der Waals surface area contributed by atoms with Crippen molar-refractivity contribution in [3.8, 4) is 17.0 Å². The molecule has 4 heterocycles. The van der Waals surface area contributed by atoms with E-state index in [0.29, 0.717) is 5.88 Å². The van der Waals surface area contributed by atoms with Crippen molar-refractivity contribution in [2.75, 3.05) is 14.2 Å². The van der Waals surface area contributed by atoms with Crippen LogP contribution in [0.1, 0.15) is 28.8 Å². The Hall–Kier alpha value is -3.26. The van der Waals surface area contributed by atoms with Crippen LogP contribution in [-0.4, -0.2) is 40.9 Å². The lowest BCUT2D eigenvalue weighted by molar-refractivity contribution is -0.130. The molecule has 0 bridgehead atoms. The molecule has 8 heteroatoms. The van der Waals surface area contributed by atoms with E-state index in [2.05, 4.69) is 27.5 Å². The third-order valence-electron chi connectivity index (χ3n) is 5.44. The molecule has 0 saturated heterocycles. The second-order valence-electron chi connectivity index (χ2n) is 7.53. The van der Waals surface area contributed by atoms with Gasteiger partial charge in [-0.25, -0.2) is 9.98 Å². The minimum atomic E-state index is -0.857. The van der Waals surface area contributed by atoms with Crippen molar-refractivity contribution in [1.82, 2.24) is 14.9 Å². The van der Waals surface area contributed by atoms with Crippen molar-refractivity contribution in [2.45, 2.75) is 25.3 Å². The zero-order valence-electron chi connectivity index (χ0n) is 17.3. The summed E-state index contributed by atoms with van der Waals surface area (Å²) in [6.07, 6.45) is 5.33. The fourth-order valence-corrected chi connectivity index (χ4v) is 4.79. The lowest BCUT2D eigenvalue weighted by Gasteiger charge is -2.39. The molecule has 1 aliphatic rings. The summed E-state index contributed by atoms with van der Waals surface area (Å²) >= 11 is 1.56. The molecule has 0 saturated carbocycles. The molecule has 0 aliphatic carbocycles. The molecule has 1 amide bonds. The first-order valence-corrected chi connectivity index (χ1v) is 10.4. The summed E-state index contributed by atoms with van der Waals surface area (Å²) in [4.78, 5) is 29.0. The Morgan fingerprint density at radius 3 is 2.67 bits per heavy atom. The Morgan fingerprint density at radius 1 is 1.20 bits per heavy atom. The number of pyridine rings is 2. The number of nitrogens with two attached hydrogens (primary N) is 1. The molecule has 1 aliphatic heterocycles. The maximum absolute atomic E-state index is 13.3. The van der Waals surface area contributed by atoms with Crippen molar-refractivity contribution in [3.05, 3.63) is 64.2 Å². The van der Waals surface area contributed by atoms with Crippen LogP contribution in [0, 0.1) is 6.92 Å². The number of carbonyl (C=O) groups excluding carboxylic acids is 1. The number of rotatable bonds is 4. The molecular weight excluding hydrogens is 398 g/mol. The van der Waals surface area contributed by atoms with Crippen LogP contribution in [-0.2, 0) is 10.3 Å². The molecular formula is C22H23N5O2S. The van der Waals surface area contributed by atoms with Crippen LogP contribution in [0.2, 0.25) is 0 Å². The lowest BCUT2D eigenvalue weighted by Crippen LogP contribution is -2.52. The van der Waals surface area contributed by atoms with Gasteiger partial charge >= 0.3 is 0 Å². The van der Waals surface area contributed by atoms with Gasteiger partial charge in [-0.05, 0) is 48.1 Å². The summed E-state index contributed by atoms with van der Waals surface area (Å²) in [5.41, 5.74) is 9.18. The Bertz CT molecular complexity index is 1120. The number of ether oxygens (including phenoxy) is 1. The summed E-state index contributed by atoms with van der Waals surface area (Å²) in [6.45, 7) is 3.96. The predicted molar refractivity (Wildman–Crippen MR) is 118 cm³/mol. The van der Waals surface area contributed by atoms with E-state index in [4.69, 9.17) is 15.5 Å². The number of aliphatic imine (C=N–C) groups is 1. The van der Waals surface area contributed by atoms with Gasteiger partial charge in [-0.2, -0.15) is 0 Å². The topological polar surface area (TPSA) is 93.7 Å². The van der Waals surface area contributed by atoms with Gasteiger partial charge in [-0.3, -0.25) is 14.7 Å². The fraction of sp³-hybridized carbons (Fsp3) is 0.273. The number of aryl methyl sites for hydroxylation is 1. The molecule has 4 rings (SSSR count). The molecule has 1 unspecified atom stereocenters. The van der Waals surface area contributed by atoms with E-state index in [1.165, 1.54) is 4.90 Å². The first kappa shape index (κ1) is 20.0. The molecule has 3 aromatic rings. The zero-order chi connectivity index (χ0) is 21.5. The van der Waals surface area contributed by atoms with Crippen LogP contribution in [0.25, 0.3) is 11.1 Å². The van der Waals surface area contributed by atoms with E-state index in [0.717, 1.165) is 27.1 Å². The number of carbonyl (C=O) groups is 1. The van der Waals surface area contributed by atoms with Gasteiger partial charge < -0.3 is 10.5 Å². The maximum Gasteiger partial charge on any atom is 0.239 e. The van der Waals surface area contributed by atoms with Crippen molar-refractivity contribution in [1.29, 1.82) is 0 Å². The van der Waals surface area contributed by atoms with Crippen molar-refractivity contribution >= 4 is 23.2 Å². The molecule has 154 valence electrons. The standard InChI is InChI=1S/C22H23N5O2S/c1-13-7-15(10-24-9-13)16-8-17(30-12-16)22(2)19(20(28)27(3)21(23)26-22)14-5-6-18(29-4)25-11-14/h5-12,19H,1-4H3,(H2,23,26)/t19?,22-/m1/s1. The van der Waals surface area contributed by atoms with Crippen LogP contribution in [0.3, 0.4) is 0 Å². The molecule has 2 N–H and O–H groups in total. The summed E-state index contributed by atoms with van der Waals surface area (Å²) in [7, 11) is 3.20. The number of methoxy groups -OCH3 is 1. The first-order valence-electron chi connectivity index (χ1n) is 9.47. The highest BCUT2D eigenvalue weighted by Gasteiger charge is 2.48. The average molecular weight is 422 g/mol. The highest BCUT2D eigenvalue weighted by atomic mass is 32.1. The SMILES string of the molecule is COc1ccc(C2C(=O)N(C)C(N)=N[C@]2(C)c2cc(-c3cncc(C)c3)cs2)cn1. The molecule has 3 aromatic heterocycles. The third kappa shape index (κ3) is 3.33. The van der Waals surface area contributed by atoms with Gasteiger partial charge in [0.05, 0.1) is 13.0 Å². The van der Waals surface area contributed by atoms with Crippen LogP contribution in [0.4, 0.5) is 0 Å². The van der Waals surface area contributed by atoms with E-state index in [-0.39, 0.29) is 11.9 Å². The fourth-order valence-electron chi connectivity index (χ4n) is 3.74. The molecule has 0 fully saturated rings. The smallest absolute Gasteiger partial charge is 0.239 e. The number of nitrogens with zero attached hydrogens (tertiary/aromatic N) is 4. The second kappa shape index (κ2) is 7.53. The van der Waals surface area contributed by atoms with E-state index < -0.39 is 11.5 Å². The van der Waals surface area contributed by atoms with Gasteiger partial charge in [-0.1, -0.05) is 6.07 Å². The molecule has 0 spiro atoms. The van der Waals surface area contributed by atoms with Gasteiger partial charge in [0.25, 0.3) is 0 Å². The van der Waals surface area contributed by atoms with E-state index in [9.17, 15) is 4.79 Å². The molecule has 7 nitrogen and oxygen atoms in total. The van der Waals surface area contributed by atoms with Gasteiger partial charge in [0, 0.05) is 42.1 Å². The van der Waals surface area contributed by atoms with E-state index in [1.807, 2.05) is 32.3 Å². The summed E-state index contributed by atoms with van der Waals surface area (Å²) in [6, 6.07) is 7.77. The largest absolute Gasteiger partial charge is 0.481 e. The Kier molecular flexibility index (Phi) is 5.03. The van der Waals surface area contributed by atoms with Crippen LogP contribution in [0.15, 0.2) is 53.2 Å². The average Bonchev–Trinajstić information content (AvgIpc) is 3.24. The molecule has 0 aromatic carbocycles. The summed E-state index contributed by atoms with van der Waals surface area (Å²) < 4.78 is 5.16. The third-order valence-corrected chi connectivity index (χ3v) is 6.60. The predicted octanol–water partition coefficient (Wildman–Crippen LogP) is 3.31. The van der Waals surface area contributed by atoms with E-state index >= 15 is 0 Å². The van der Waals surface area contributed by atoms with Crippen molar-refractivity contribution in [3.63, 3.8) is 0 Å². The quantitative estimate of drug-likeness (QED) is 0.698. The van der Waals surface area contributed by atoms with Gasteiger partial charge in [0.2, 0.25) is 11.8 Å². The van der Waals surface area contributed by atoms with Gasteiger partial charge in [0.1, 0.15) is 5.54 Å². The van der Waals surface area contributed by atoms with Crippen LogP contribution >= 0.6 is 11.3 Å². The summed E-state index contributed by atoms with van der Waals surface area (Å²) in [5, 5.41) is 2.06. The maximum atomic E-state index is 13.3. The number of amides is 1. The second-order valence-corrected chi connectivity index (χ2v) is 8.44. The Balaban J connectivity index is 1.82. The monoisotopic (exact) mass is 421 g/mol. The van der Waals surface area contributed by atoms with E-state index in [1.54, 1.807) is 37.8 Å². The highest BCUT2D eigenvalue weighted by molar-refractivity contribution is 7.10. The number of aromatic nitrogens is 2. The lowest BCUT2D eigenvalue weighted by atomic mass is 9.78. The molecule has 30 heavy (non-hydrogen) atoms. The zero-order valence-corrected chi connectivity index (χ0v) is 18.1. The molecule has 0 radical (unpaired) electrons. The summed E-state index contributed by atoms with van der Waals surface area (Å²) in [5.74, 6) is 0.0114. The number of thiophene rings is 1. The molecule has 2 atom stereocenters. The Morgan fingerprint density at radius 2 is 2.00 bits per heavy atom. The minimum Gasteiger partial charge on any atom is -0.481 e. The van der Waals surface area contributed by atoms with Crippen molar-refractivity contribution < 1.29 is 9.53 Å². The first-order chi connectivity index (χ1) is 14.3. The van der Waals surface area contributed by atoms with Gasteiger partial charge in [-0.15, -0.1) is 11.3 Å². The number of hydrogen-bond acceptors (Lipinski definition) is 7. The normalized spacial score (nSPS) is 21.5. The number of guanidine groups is 1. The van der Waals surface area contributed by atoms with Gasteiger partial charge in [0.15, 0.2) is 5.96 Å². The Labute approximate surface area is 179 Å². The number of likely N-dealkylation sites (N-methyl/N-ethyl adjacent to an activating group) is 1. The number of hydrogen-bond donors (Lipinski definition) is 1. The van der Waals surface area contributed by atoms with Crippen LogP contribution in [0.5, 0.6) is 5.88 Å². The van der Waals surface area contributed by atoms with Crippen molar-refractivity contribution in [2.24, 2.45) is 10.7 Å². The highest BCUT2D eigenvalue weighted by Crippen LogP contribution is 2.46. The minimum absolute atomic E-state index is 0.121. The van der Waals surface area contributed by atoms with Crippen LogP contribution < -0.4 is 10.5 Å².